The van der Waals surface area contributed by atoms with Crippen molar-refractivity contribution in [2.24, 2.45) is 0 Å². The van der Waals surface area contributed by atoms with Crippen LogP contribution in [0.2, 0.25) is 0 Å². The summed E-state index contributed by atoms with van der Waals surface area (Å²) < 4.78 is 1.05. The fourth-order valence-electron chi connectivity index (χ4n) is 2.02. The van der Waals surface area contributed by atoms with E-state index >= 15 is 0 Å². The predicted molar refractivity (Wildman–Crippen MR) is 61.1 cm³/mol. The zero-order valence-corrected chi connectivity index (χ0v) is 9.75. The maximum atomic E-state index is 10.5. The Morgan fingerprint density at radius 2 is 2.27 bits per heavy atom. The number of rotatable bonds is 1. The molecular weight excluding hydrogens is 258 g/mol. The minimum atomic E-state index is -0.932. The third-order valence-electron chi connectivity index (χ3n) is 2.72. The molecule has 1 aromatic carbocycles. The summed E-state index contributed by atoms with van der Waals surface area (Å²) >= 11 is 3.42. The number of hydrogen-bond donors (Lipinski definition) is 2. The lowest BCUT2D eigenvalue weighted by atomic mass is 9.88. The van der Waals surface area contributed by atoms with Gasteiger partial charge in [-0.2, -0.15) is 0 Å². The van der Waals surface area contributed by atoms with Gasteiger partial charge in [0.15, 0.2) is 0 Å². The number of nitrogens with one attached hydrogen (secondary N) is 1. The van der Waals surface area contributed by atoms with Crippen LogP contribution in [0.15, 0.2) is 22.7 Å². The normalized spacial score (nSPS) is 19.4. The number of halogens is 1. The topological polar surface area (TPSA) is 49.3 Å². The van der Waals surface area contributed by atoms with Gasteiger partial charge in [-0.25, -0.2) is 4.79 Å². The molecule has 4 heteroatoms. The number of benzene rings is 1. The number of carbonyl (C=O) groups is 1. The van der Waals surface area contributed by atoms with Gasteiger partial charge in [0.2, 0.25) is 0 Å². The summed E-state index contributed by atoms with van der Waals surface area (Å²) in [7, 11) is 0. The molecule has 0 radical (unpaired) electrons. The maximum Gasteiger partial charge on any atom is 0.404 e. The number of hydrogen-bond acceptors (Lipinski definition) is 1. The van der Waals surface area contributed by atoms with Crippen molar-refractivity contribution in [2.75, 3.05) is 0 Å². The second-order valence-corrected chi connectivity index (χ2v) is 4.72. The molecule has 1 amide bonds. The van der Waals surface area contributed by atoms with Crippen LogP contribution in [-0.4, -0.2) is 17.2 Å². The highest BCUT2D eigenvalue weighted by Gasteiger charge is 2.19. The minimum Gasteiger partial charge on any atom is -0.465 e. The molecule has 80 valence electrons. The summed E-state index contributed by atoms with van der Waals surface area (Å²) in [6, 6.07) is 6.27. The molecule has 0 saturated heterocycles. The fourth-order valence-corrected chi connectivity index (χ4v) is 2.43. The van der Waals surface area contributed by atoms with Crippen LogP contribution >= 0.6 is 15.9 Å². The molecule has 0 aromatic heterocycles. The van der Waals surface area contributed by atoms with Crippen LogP contribution in [0.1, 0.15) is 17.5 Å². The van der Waals surface area contributed by atoms with E-state index in [9.17, 15) is 4.79 Å². The highest BCUT2D eigenvalue weighted by molar-refractivity contribution is 9.10. The molecule has 0 saturated carbocycles. The fraction of sp³-hybridized carbons (Fsp3) is 0.364. The van der Waals surface area contributed by atoms with Crippen LogP contribution in [0.3, 0.4) is 0 Å². The van der Waals surface area contributed by atoms with E-state index in [4.69, 9.17) is 5.11 Å². The van der Waals surface area contributed by atoms with Gasteiger partial charge in [0.25, 0.3) is 0 Å². The molecule has 0 aliphatic heterocycles. The number of carboxylic acid groups (broad SMARTS) is 1. The zero-order chi connectivity index (χ0) is 10.8. The third-order valence-corrected chi connectivity index (χ3v) is 3.22. The lowest BCUT2D eigenvalue weighted by molar-refractivity contribution is 0.188. The first-order valence-electron chi connectivity index (χ1n) is 4.92. The minimum absolute atomic E-state index is 0.0595. The van der Waals surface area contributed by atoms with Crippen molar-refractivity contribution in [1.29, 1.82) is 0 Å². The Labute approximate surface area is 96.6 Å². The van der Waals surface area contributed by atoms with E-state index < -0.39 is 6.09 Å². The summed E-state index contributed by atoms with van der Waals surface area (Å²) in [6.07, 6.45) is 1.70. The van der Waals surface area contributed by atoms with Crippen molar-refractivity contribution < 1.29 is 9.90 Å². The molecule has 1 atom stereocenters. The Hall–Kier alpha value is -1.03. The van der Waals surface area contributed by atoms with Crippen molar-refractivity contribution in [1.82, 2.24) is 5.32 Å². The van der Waals surface area contributed by atoms with Crippen molar-refractivity contribution in [2.45, 2.75) is 25.3 Å². The highest BCUT2D eigenvalue weighted by Crippen LogP contribution is 2.24. The second-order valence-electron chi connectivity index (χ2n) is 3.80. The first-order chi connectivity index (χ1) is 7.15. The smallest absolute Gasteiger partial charge is 0.404 e. The van der Waals surface area contributed by atoms with Gasteiger partial charge in [-0.05, 0) is 42.5 Å². The molecular formula is C11H12BrNO2. The first-order valence-corrected chi connectivity index (χ1v) is 5.71. The van der Waals surface area contributed by atoms with Crippen LogP contribution in [-0.2, 0) is 12.8 Å². The Kier molecular flexibility index (Phi) is 2.95. The van der Waals surface area contributed by atoms with Crippen molar-refractivity contribution in [3.63, 3.8) is 0 Å². The lowest BCUT2D eigenvalue weighted by Crippen LogP contribution is -2.37. The monoisotopic (exact) mass is 269 g/mol. The van der Waals surface area contributed by atoms with Gasteiger partial charge in [0.05, 0.1) is 0 Å². The van der Waals surface area contributed by atoms with E-state index in [1.165, 1.54) is 11.1 Å². The van der Waals surface area contributed by atoms with Gasteiger partial charge in [0, 0.05) is 10.5 Å². The number of fused-ring (bicyclic) bond motifs is 1. The molecule has 0 spiro atoms. The summed E-state index contributed by atoms with van der Waals surface area (Å²) in [6.45, 7) is 0. The summed E-state index contributed by atoms with van der Waals surface area (Å²) in [5, 5.41) is 11.2. The van der Waals surface area contributed by atoms with E-state index in [0.717, 1.165) is 23.7 Å². The molecule has 0 bridgehead atoms. The Morgan fingerprint density at radius 3 is 3.00 bits per heavy atom. The number of amides is 1. The van der Waals surface area contributed by atoms with Crippen LogP contribution < -0.4 is 5.32 Å². The molecule has 0 fully saturated rings. The quantitative estimate of drug-likeness (QED) is 0.824. The van der Waals surface area contributed by atoms with Crippen molar-refractivity contribution in [3.05, 3.63) is 33.8 Å². The lowest BCUT2D eigenvalue weighted by Gasteiger charge is -2.24. The molecule has 1 aliphatic carbocycles. The first kappa shape index (κ1) is 10.5. The second kappa shape index (κ2) is 4.23. The Balaban J connectivity index is 2.14. The molecule has 0 heterocycles. The van der Waals surface area contributed by atoms with Crippen LogP contribution in [0, 0.1) is 0 Å². The van der Waals surface area contributed by atoms with Crippen molar-refractivity contribution >= 4 is 22.0 Å². The zero-order valence-electron chi connectivity index (χ0n) is 8.16. The van der Waals surface area contributed by atoms with E-state index in [1.54, 1.807) is 0 Å². The maximum absolute atomic E-state index is 10.5. The Bertz CT molecular complexity index is 392. The largest absolute Gasteiger partial charge is 0.465 e. The van der Waals surface area contributed by atoms with Gasteiger partial charge in [-0.15, -0.1) is 0 Å². The molecule has 3 nitrogen and oxygen atoms in total. The van der Waals surface area contributed by atoms with E-state index in [1.807, 2.05) is 6.07 Å². The standard InChI is InChI=1S/C11H12BrNO2/c12-9-3-1-7-2-4-10(13-11(14)15)6-8(7)5-9/h1,3,5,10,13H,2,4,6H2,(H,14,15)/t10-/m1/s1. The van der Waals surface area contributed by atoms with Crippen LogP contribution in [0.4, 0.5) is 4.79 Å². The predicted octanol–water partition coefficient (Wildman–Crippen LogP) is 2.57. The van der Waals surface area contributed by atoms with Crippen molar-refractivity contribution in [3.8, 4) is 0 Å². The molecule has 15 heavy (non-hydrogen) atoms. The highest BCUT2D eigenvalue weighted by atomic mass is 79.9. The van der Waals surface area contributed by atoms with Gasteiger partial charge < -0.3 is 10.4 Å². The molecule has 1 aromatic rings. The summed E-state index contributed by atoms with van der Waals surface area (Å²) in [5.74, 6) is 0. The average molecular weight is 270 g/mol. The molecule has 0 unspecified atom stereocenters. The third kappa shape index (κ3) is 2.50. The van der Waals surface area contributed by atoms with E-state index in [2.05, 4.69) is 33.4 Å². The summed E-state index contributed by atoms with van der Waals surface area (Å²) in [4.78, 5) is 10.5. The van der Waals surface area contributed by atoms with Crippen LogP contribution in [0.5, 0.6) is 0 Å². The SMILES string of the molecule is O=C(O)N[C@@H]1CCc2ccc(Br)cc2C1. The summed E-state index contributed by atoms with van der Waals surface area (Å²) in [5.41, 5.74) is 2.58. The van der Waals surface area contributed by atoms with Gasteiger partial charge in [-0.3, -0.25) is 0 Å². The van der Waals surface area contributed by atoms with E-state index in [0.29, 0.717) is 0 Å². The average Bonchev–Trinajstić information content (AvgIpc) is 2.16. The molecule has 2 N–H and O–H groups in total. The molecule has 1 aliphatic rings. The van der Waals surface area contributed by atoms with Gasteiger partial charge in [-0.1, -0.05) is 22.0 Å². The Morgan fingerprint density at radius 1 is 1.47 bits per heavy atom. The van der Waals surface area contributed by atoms with Gasteiger partial charge in [0.1, 0.15) is 0 Å². The number of aryl methyl sites for hydroxylation is 1. The van der Waals surface area contributed by atoms with Crippen LogP contribution in [0.25, 0.3) is 0 Å². The van der Waals surface area contributed by atoms with E-state index in [-0.39, 0.29) is 6.04 Å². The molecule has 2 rings (SSSR count). The van der Waals surface area contributed by atoms with Gasteiger partial charge >= 0.3 is 6.09 Å².